The molecule has 7 heteroatoms. The predicted molar refractivity (Wildman–Crippen MR) is 13.5 cm³/mol. The molecule has 0 radical (unpaired) electrons. The van der Waals surface area contributed by atoms with Crippen LogP contribution >= 0.6 is 0 Å². The molecule has 0 fully saturated rings. The fourth-order valence-electron chi connectivity index (χ4n) is 0. The van der Waals surface area contributed by atoms with Gasteiger partial charge in [0.1, 0.15) is 0 Å². The number of hydrogen-bond acceptors (Lipinski definition) is 4. The quantitative estimate of drug-likeness (QED) is 0.485. The average Bonchev–Trinajstić information content (AvgIpc) is 0.722. The summed E-state index contributed by atoms with van der Waals surface area (Å²) < 4.78 is 34.5. The fourth-order valence-corrected chi connectivity index (χ4v) is 0. The van der Waals surface area contributed by atoms with E-state index >= 15 is 0 Å². The van der Waals surface area contributed by atoms with E-state index in [0.717, 1.165) is 0 Å². The normalized spacial score (nSPS) is 8.00. The molecule has 0 saturated carbocycles. The third-order valence-electron chi connectivity index (χ3n) is 0. The topological polar surface area (TPSA) is 99.8 Å². The first-order valence-corrected chi connectivity index (χ1v) is 4.73. The van der Waals surface area contributed by atoms with Crippen molar-refractivity contribution in [2.24, 2.45) is 0 Å². The molecule has 0 spiro atoms. The fraction of sp³-hybridized carbons (Fsp3) is 0. The molecule has 2 N–H and O–H groups in total. The van der Waals surface area contributed by atoms with Crippen molar-refractivity contribution in [3.05, 3.63) is 0 Å². The number of hydrogen-bond donors (Lipinski definition) is 0. The van der Waals surface area contributed by atoms with Crippen LogP contribution in [0, 0.1) is 0 Å². The summed E-state index contributed by atoms with van der Waals surface area (Å²) in [4.78, 5) is 0. The standard InChI is InChI=1S/K.H2O.4O.Os.H/h;1H2;;;;;;. The van der Waals surface area contributed by atoms with Crippen LogP contribution in [0.5, 0.6) is 0 Å². The maximum absolute atomic E-state index is 8.63. The summed E-state index contributed by atoms with van der Waals surface area (Å²) in [7, 11) is 0. The van der Waals surface area contributed by atoms with Crippen LogP contribution in [0.4, 0.5) is 0 Å². The van der Waals surface area contributed by atoms with Crippen LogP contribution in [-0.2, 0) is 29.0 Å². The molecule has 5 nitrogen and oxygen atoms in total. The molecule has 0 saturated heterocycles. The molecular weight excluding hydrogens is 309 g/mol. The van der Waals surface area contributed by atoms with E-state index in [4.69, 9.17) is 14.2 Å². The van der Waals surface area contributed by atoms with Gasteiger partial charge in [-0.1, -0.05) is 0 Å². The zero-order chi connectivity index (χ0) is 4.50. The Morgan fingerprint density at radius 3 is 0.857 bits per heavy atom. The first-order valence-electron chi connectivity index (χ1n) is 0.577. The molecule has 0 amide bonds. The third-order valence-corrected chi connectivity index (χ3v) is 0. The summed E-state index contributed by atoms with van der Waals surface area (Å²) in [6, 6.07) is 0. The first-order chi connectivity index (χ1) is 2.00. The van der Waals surface area contributed by atoms with Gasteiger partial charge in [-0.15, -0.1) is 0 Å². The van der Waals surface area contributed by atoms with Gasteiger partial charge in [0.25, 0.3) is 0 Å². The molecule has 0 aliphatic heterocycles. The van der Waals surface area contributed by atoms with E-state index < -0.39 is 14.8 Å². The van der Waals surface area contributed by atoms with Crippen molar-refractivity contribution in [3.63, 3.8) is 0 Å². The van der Waals surface area contributed by atoms with Crippen LogP contribution < -0.4 is 0 Å². The minimum absolute atomic E-state index is 0. The SMILES string of the molecule is O.[KH].[O]=[Os](=[O])(=[O])=[O]. The number of rotatable bonds is 0. The molecule has 0 unspecified atom stereocenters. The summed E-state index contributed by atoms with van der Waals surface area (Å²) in [6.45, 7) is 0. The Kier molecular flexibility index (Phi) is 12.6. The van der Waals surface area contributed by atoms with E-state index in [9.17, 15) is 0 Å². The molecule has 0 aromatic carbocycles. The van der Waals surface area contributed by atoms with Gasteiger partial charge in [0.2, 0.25) is 0 Å². The zero-order valence-corrected chi connectivity index (χ0v) is 5.03. The third kappa shape index (κ3) is 107. The van der Waals surface area contributed by atoms with Crippen LogP contribution in [0.15, 0.2) is 0 Å². The Morgan fingerprint density at radius 1 is 0.857 bits per heavy atom. The van der Waals surface area contributed by atoms with Gasteiger partial charge in [0.05, 0.1) is 0 Å². The Hall–Kier alpha value is 1.43. The van der Waals surface area contributed by atoms with E-state index in [2.05, 4.69) is 0 Å². The molecule has 0 aliphatic rings. The minimum atomic E-state index is -6.06. The van der Waals surface area contributed by atoms with Gasteiger partial charge in [0.15, 0.2) is 0 Å². The van der Waals surface area contributed by atoms with Crippen molar-refractivity contribution >= 4 is 51.4 Å². The molecule has 0 aromatic rings. The van der Waals surface area contributed by atoms with Gasteiger partial charge < -0.3 is 5.48 Å². The van der Waals surface area contributed by atoms with Crippen molar-refractivity contribution in [1.82, 2.24) is 0 Å². The van der Waals surface area contributed by atoms with Crippen LogP contribution in [-0.4, -0.2) is 56.9 Å². The van der Waals surface area contributed by atoms with E-state index in [0.29, 0.717) is 0 Å². The molecule has 0 bridgehead atoms. The second kappa shape index (κ2) is 5.57. The van der Waals surface area contributed by atoms with E-state index in [1.54, 1.807) is 0 Å². The monoisotopic (exact) mass is 314 g/mol. The summed E-state index contributed by atoms with van der Waals surface area (Å²) in [6.07, 6.45) is 0. The molecule has 0 aromatic heterocycles. The summed E-state index contributed by atoms with van der Waals surface area (Å²) in [5, 5.41) is 0. The van der Waals surface area contributed by atoms with E-state index in [1.807, 2.05) is 0 Å². The predicted octanol–water partition coefficient (Wildman–Crippen LogP) is -1.95. The summed E-state index contributed by atoms with van der Waals surface area (Å²) >= 11 is -6.06. The molecule has 0 rings (SSSR count). The van der Waals surface area contributed by atoms with Crippen molar-refractivity contribution < 1.29 is 34.5 Å². The molecule has 42 valence electrons. The Morgan fingerprint density at radius 2 is 0.857 bits per heavy atom. The van der Waals surface area contributed by atoms with Crippen molar-refractivity contribution in [2.45, 2.75) is 0 Å². The Labute approximate surface area is 84.2 Å². The van der Waals surface area contributed by atoms with Gasteiger partial charge in [-0.25, -0.2) is 0 Å². The van der Waals surface area contributed by atoms with Gasteiger partial charge in [0, 0.05) is 0 Å². The Balaban J connectivity index is -0.0000000800. The molecule has 0 aliphatic carbocycles. The second-order valence-electron chi connectivity index (χ2n) is 0.354. The molecular formula is H3KO5Os. The Bertz CT molecular complexity index is 159. The van der Waals surface area contributed by atoms with Crippen molar-refractivity contribution in [3.8, 4) is 0 Å². The van der Waals surface area contributed by atoms with Crippen LogP contribution in [0.2, 0.25) is 0 Å². The molecule has 0 atom stereocenters. The average molecular weight is 312 g/mol. The van der Waals surface area contributed by atoms with Gasteiger partial charge >= 0.3 is 80.4 Å². The van der Waals surface area contributed by atoms with Gasteiger partial charge in [-0.2, -0.15) is 0 Å². The van der Waals surface area contributed by atoms with E-state index in [-0.39, 0.29) is 56.9 Å². The van der Waals surface area contributed by atoms with Crippen molar-refractivity contribution in [2.75, 3.05) is 0 Å². The summed E-state index contributed by atoms with van der Waals surface area (Å²) in [5.41, 5.74) is 0. The summed E-state index contributed by atoms with van der Waals surface area (Å²) in [5.74, 6) is 0. The van der Waals surface area contributed by atoms with Crippen molar-refractivity contribution in [1.29, 1.82) is 0 Å². The zero-order valence-electron chi connectivity index (χ0n) is 2.49. The van der Waals surface area contributed by atoms with Crippen LogP contribution in [0.25, 0.3) is 0 Å². The maximum atomic E-state index is 8.63. The second-order valence-corrected chi connectivity index (χ2v) is 2.89. The molecule has 7 heavy (non-hydrogen) atoms. The van der Waals surface area contributed by atoms with Crippen LogP contribution in [0.1, 0.15) is 0 Å². The van der Waals surface area contributed by atoms with E-state index in [1.165, 1.54) is 0 Å². The molecule has 0 heterocycles. The van der Waals surface area contributed by atoms with Gasteiger partial charge in [-0.3, -0.25) is 0 Å². The first kappa shape index (κ1) is 15.8. The van der Waals surface area contributed by atoms with Gasteiger partial charge in [-0.05, 0) is 0 Å². The van der Waals surface area contributed by atoms with Crippen LogP contribution in [0.3, 0.4) is 0 Å².